The van der Waals surface area contributed by atoms with Gasteiger partial charge in [0, 0.05) is 6.42 Å². The Labute approximate surface area is 688 Å². The van der Waals surface area contributed by atoms with Crippen LogP contribution < -0.4 is 5.32 Å². The van der Waals surface area contributed by atoms with Crippen molar-refractivity contribution < 1.29 is 89.4 Å². The number of unbranched alkanes of at least 4 members (excludes halogenated alkanes) is 56. The second kappa shape index (κ2) is 73.7. The summed E-state index contributed by atoms with van der Waals surface area (Å²) < 4.78 is 34.5. The van der Waals surface area contributed by atoms with Crippen LogP contribution >= 0.6 is 0 Å². The first-order chi connectivity index (χ1) is 55.3. The number of ether oxygens (including phenoxy) is 6. The van der Waals surface area contributed by atoms with Gasteiger partial charge in [-0.15, -0.1) is 0 Å². The second-order valence-electron chi connectivity index (χ2n) is 33.8. The van der Waals surface area contributed by atoms with Crippen molar-refractivity contribution in [3.05, 3.63) is 48.6 Å². The highest BCUT2D eigenvalue weighted by Crippen LogP contribution is 2.34. The Hall–Kier alpha value is -2.25. The van der Waals surface area contributed by atoms with Gasteiger partial charge in [-0.25, -0.2) is 0 Å². The van der Waals surface area contributed by atoms with Crippen LogP contribution in [0.1, 0.15) is 412 Å². The van der Waals surface area contributed by atoms with Crippen LogP contribution in [0, 0.1) is 0 Å². The predicted molar refractivity (Wildman–Crippen MR) is 457 cm³/mol. The largest absolute Gasteiger partial charge is 0.394 e. The Kier molecular flexibility index (Phi) is 68.4. The SMILES string of the molecule is CCCCCCC/C=C\C/C=C\CCCCCCCCCCCCCCCCCCCCCCCCCCCCCC(=O)NC(COC1OC(CO)C(OC2OC(CO)C(OC3OC(CO)C(O)C(O)C3O)C(O)C2O)C(O)C1O)C(O)/C=C/CC/C=C/CCCCCCCCCCCCCCCCCCCCCCCCC. The van der Waals surface area contributed by atoms with Gasteiger partial charge < -0.3 is 89.9 Å². The number of hydrogen-bond donors (Lipinski definition) is 12. The molecule has 12 N–H and O–H groups in total. The van der Waals surface area contributed by atoms with Crippen LogP contribution in [0.15, 0.2) is 48.6 Å². The molecule has 0 saturated carbocycles. The van der Waals surface area contributed by atoms with Gasteiger partial charge in [-0.05, 0) is 64.2 Å². The molecule has 3 aliphatic rings. The van der Waals surface area contributed by atoms with Gasteiger partial charge in [-0.2, -0.15) is 0 Å². The first-order valence-corrected chi connectivity index (χ1v) is 47.4. The van der Waals surface area contributed by atoms with Gasteiger partial charge in [-0.3, -0.25) is 4.79 Å². The maximum absolute atomic E-state index is 13.5. The first-order valence-electron chi connectivity index (χ1n) is 47.4. The zero-order chi connectivity index (χ0) is 81.7. The van der Waals surface area contributed by atoms with Crippen molar-refractivity contribution in [1.82, 2.24) is 5.32 Å². The van der Waals surface area contributed by atoms with Crippen molar-refractivity contribution in [1.29, 1.82) is 0 Å². The minimum absolute atomic E-state index is 0.240. The summed E-state index contributed by atoms with van der Waals surface area (Å²) in [6.07, 6.45) is 70.0. The highest BCUT2D eigenvalue weighted by molar-refractivity contribution is 5.76. The fourth-order valence-electron chi connectivity index (χ4n) is 16.1. The molecule has 0 aromatic rings. The standard InChI is InChI=1S/C94H175NO18/c1-3-5-7-9-11-13-15-17-19-21-23-25-27-29-31-33-34-35-36-37-38-39-40-41-42-44-46-48-50-52-54-56-58-60-62-64-66-68-70-72-82(100)95-77(78(99)71-69-67-65-63-61-59-57-55-53-51-49-47-45-43-32-30-28-26-24-22-20-18-16-14-12-10-8-6-4-2)76-108-92-88(106)85(103)90(80(74-97)110-92)113-94-89(107)86(104)91(81(75-98)111-94)112-93-87(105)84(102)83(101)79(73-96)109-93/h15,17,21,23,61,63,69,71,77-81,83-94,96-99,101-107H,3-14,16,18-20,22,24-60,62,64-68,70,72-76H2,1-2H3,(H,95,100)/b17-15-,23-21-,63-61+,71-69+. The minimum Gasteiger partial charge on any atom is -0.394 e. The summed E-state index contributed by atoms with van der Waals surface area (Å²) in [6.45, 7) is 1.78. The van der Waals surface area contributed by atoms with Crippen LogP contribution in [0.4, 0.5) is 0 Å². The number of aliphatic hydroxyl groups is 11. The molecule has 0 bridgehead atoms. The molecule has 3 saturated heterocycles. The van der Waals surface area contributed by atoms with Gasteiger partial charge in [0.15, 0.2) is 18.9 Å². The van der Waals surface area contributed by atoms with E-state index in [1.165, 1.54) is 334 Å². The molecule has 19 heteroatoms. The average molecular weight is 1610 g/mol. The normalized spacial score (nSPS) is 25.0. The average Bonchev–Trinajstić information content (AvgIpc) is 0.780. The van der Waals surface area contributed by atoms with E-state index in [0.29, 0.717) is 12.8 Å². The van der Waals surface area contributed by atoms with Gasteiger partial charge in [0.2, 0.25) is 5.91 Å². The third kappa shape index (κ3) is 51.9. The molecular weight excluding hydrogens is 1430 g/mol. The lowest BCUT2D eigenvalue weighted by atomic mass is 9.96. The van der Waals surface area contributed by atoms with E-state index in [1.807, 2.05) is 6.08 Å². The lowest BCUT2D eigenvalue weighted by molar-refractivity contribution is -0.379. The summed E-state index contributed by atoms with van der Waals surface area (Å²) in [6, 6.07) is -0.991. The van der Waals surface area contributed by atoms with Gasteiger partial charge in [0.05, 0.1) is 38.6 Å². The van der Waals surface area contributed by atoms with Crippen LogP contribution in [0.3, 0.4) is 0 Å². The molecule has 0 spiro atoms. The van der Waals surface area contributed by atoms with E-state index < -0.39 is 124 Å². The Morgan fingerprint density at radius 2 is 0.593 bits per heavy atom. The van der Waals surface area contributed by atoms with E-state index in [1.54, 1.807) is 6.08 Å². The molecule has 0 aliphatic carbocycles. The molecule has 0 aromatic carbocycles. The van der Waals surface area contributed by atoms with Crippen molar-refractivity contribution in [3.63, 3.8) is 0 Å². The smallest absolute Gasteiger partial charge is 0.220 e. The van der Waals surface area contributed by atoms with E-state index in [0.717, 1.165) is 44.9 Å². The molecule has 0 aromatic heterocycles. The third-order valence-corrected chi connectivity index (χ3v) is 23.6. The number of carbonyl (C=O) groups excluding carboxylic acids is 1. The summed E-state index contributed by atoms with van der Waals surface area (Å²) in [5.74, 6) is -0.277. The molecule has 3 rings (SSSR count). The quantitative estimate of drug-likeness (QED) is 0.0199. The third-order valence-electron chi connectivity index (χ3n) is 23.6. The molecule has 664 valence electrons. The topological polar surface area (TPSA) is 307 Å². The summed E-state index contributed by atoms with van der Waals surface area (Å²) in [5.41, 5.74) is 0. The molecule has 17 atom stereocenters. The zero-order valence-electron chi connectivity index (χ0n) is 71.9. The summed E-state index contributed by atoms with van der Waals surface area (Å²) in [7, 11) is 0. The van der Waals surface area contributed by atoms with Crippen LogP contribution in [0.2, 0.25) is 0 Å². The number of aliphatic hydroxyl groups excluding tert-OH is 11. The minimum atomic E-state index is -1.98. The van der Waals surface area contributed by atoms with Crippen LogP contribution in [0.5, 0.6) is 0 Å². The fraction of sp³-hybridized carbons (Fsp3) is 0.904. The van der Waals surface area contributed by atoms with Gasteiger partial charge in [0.1, 0.15) is 73.2 Å². The number of amides is 1. The van der Waals surface area contributed by atoms with Crippen molar-refractivity contribution in [2.24, 2.45) is 0 Å². The molecule has 1 amide bonds. The van der Waals surface area contributed by atoms with E-state index in [-0.39, 0.29) is 18.9 Å². The molecule has 0 radical (unpaired) electrons. The number of nitrogens with one attached hydrogen (secondary N) is 1. The number of hydrogen-bond acceptors (Lipinski definition) is 18. The monoisotopic (exact) mass is 1610 g/mol. The van der Waals surface area contributed by atoms with Crippen LogP contribution in [0.25, 0.3) is 0 Å². The molecule has 3 fully saturated rings. The molecule has 113 heavy (non-hydrogen) atoms. The lowest BCUT2D eigenvalue weighted by Crippen LogP contribution is -2.66. The van der Waals surface area contributed by atoms with Crippen molar-refractivity contribution >= 4 is 5.91 Å². The molecule has 17 unspecified atom stereocenters. The highest BCUT2D eigenvalue weighted by atomic mass is 16.8. The highest BCUT2D eigenvalue weighted by Gasteiger charge is 2.54. The fourth-order valence-corrected chi connectivity index (χ4v) is 16.1. The molecule has 3 aliphatic heterocycles. The van der Waals surface area contributed by atoms with Crippen molar-refractivity contribution in [2.75, 3.05) is 26.4 Å². The molecular formula is C94H175NO18. The molecule has 19 nitrogen and oxygen atoms in total. The van der Waals surface area contributed by atoms with Crippen LogP contribution in [-0.4, -0.2) is 193 Å². The lowest BCUT2D eigenvalue weighted by Gasteiger charge is -2.48. The number of carbonyl (C=O) groups is 1. The van der Waals surface area contributed by atoms with Crippen molar-refractivity contribution in [2.45, 2.75) is 516 Å². The predicted octanol–water partition coefficient (Wildman–Crippen LogP) is 18.7. The van der Waals surface area contributed by atoms with Gasteiger partial charge in [0.25, 0.3) is 0 Å². The van der Waals surface area contributed by atoms with E-state index >= 15 is 0 Å². The Balaban J connectivity index is 1.30. The van der Waals surface area contributed by atoms with E-state index in [9.17, 15) is 61.0 Å². The summed E-state index contributed by atoms with van der Waals surface area (Å²) in [5, 5.41) is 121. The van der Waals surface area contributed by atoms with Gasteiger partial charge in [-0.1, -0.05) is 390 Å². The number of rotatable bonds is 78. The van der Waals surface area contributed by atoms with E-state index in [4.69, 9.17) is 28.4 Å². The summed E-state index contributed by atoms with van der Waals surface area (Å²) >= 11 is 0. The maximum Gasteiger partial charge on any atom is 0.220 e. The second-order valence-corrected chi connectivity index (χ2v) is 33.8. The Bertz CT molecular complexity index is 2220. The summed E-state index contributed by atoms with van der Waals surface area (Å²) in [4.78, 5) is 13.5. The first kappa shape index (κ1) is 105. The van der Waals surface area contributed by atoms with Gasteiger partial charge >= 0.3 is 0 Å². The zero-order valence-corrected chi connectivity index (χ0v) is 71.9. The van der Waals surface area contributed by atoms with Crippen LogP contribution in [-0.2, 0) is 33.2 Å². The Morgan fingerprint density at radius 1 is 0.319 bits per heavy atom. The van der Waals surface area contributed by atoms with E-state index in [2.05, 4.69) is 55.6 Å². The maximum atomic E-state index is 13.5. The number of allylic oxidation sites excluding steroid dienone is 7. The Morgan fingerprint density at radius 3 is 0.938 bits per heavy atom. The molecule has 3 heterocycles. The van der Waals surface area contributed by atoms with Crippen molar-refractivity contribution in [3.8, 4) is 0 Å².